The number of hydrogen-bond donors (Lipinski definition) is 0. The maximum Gasteiger partial charge on any atom is 0.133 e. The standard InChI is InChI=1S/C15H26O2/c1-2-3-4-5-6-7-8-14(16)10-15-9-13(15)11-17-12-15/h13H,2-12H2,1H3. The highest BCUT2D eigenvalue weighted by Crippen LogP contribution is 2.59. The number of ketones is 1. The van der Waals surface area contributed by atoms with E-state index in [1.807, 2.05) is 0 Å². The minimum Gasteiger partial charge on any atom is -0.381 e. The smallest absolute Gasteiger partial charge is 0.133 e. The molecule has 2 atom stereocenters. The fraction of sp³-hybridized carbons (Fsp3) is 0.933. The molecule has 17 heavy (non-hydrogen) atoms. The first kappa shape index (κ1) is 13.1. The van der Waals surface area contributed by atoms with E-state index >= 15 is 0 Å². The van der Waals surface area contributed by atoms with Gasteiger partial charge in [-0.05, 0) is 18.8 Å². The van der Waals surface area contributed by atoms with Crippen LogP contribution in [0.3, 0.4) is 0 Å². The highest BCUT2D eigenvalue weighted by atomic mass is 16.5. The van der Waals surface area contributed by atoms with E-state index in [-0.39, 0.29) is 0 Å². The molecule has 0 spiro atoms. The van der Waals surface area contributed by atoms with Gasteiger partial charge in [0.1, 0.15) is 5.78 Å². The molecule has 2 unspecified atom stereocenters. The first-order valence-corrected chi connectivity index (χ1v) is 7.36. The molecular formula is C15H26O2. The van der Waals surface area contributed by atoms with Gasteiger partial charge < -0.3 is 4.74 Å². The van der Waals surface area contributed by atoms with Crippen LogP contribution in [-0.4, -0.2) is 19.0 Å². The van der Waals surface area contributed by atoms with E-state index in [2.05, 4.69) is 6.92 Å². The number of Topliss-reactive ketones (excluding diaryl/α,β-unsaturated/α-hetero) is 1. The fourth-order valence-electron chi connectivity index (χ4n) is 3.10. The second-order valence-electron chi connectivity index (χ2n) is 6.01. The van der Waals surface area contributed by atoms with E-state index in [9.17, 15) is 4.79 Å². The molecule has 2 heteroatoms. The van der Waals surface area contributed by atoms with E-state index in [4.69, 9.17) is 4.74 Å². The van der Waals surface area contributed by atoms with E-state index in [1.165, 1.54) is 38.5 Å². The van der Waals surface area contributed by atoms with Crippen molar-refractivity contribution < 1.29 is 9.53 Å². The Labute approximate surface area is 105 Å². The van der Waals surface area contributed by atoms with Crippen LogP contribution in [0.15, 0.2) is 0 Å². The van der Waals surface area contributed by atoms with E-state index in [0.717, 1.165) is 38.4 Å². The summed E-state index contributed by atoms with van der Waals surface area (Å²) in [4.78, 5) is 11.9. The van der Waals surface area contributed by atoms with E-state index in [1.54, 1.807) is 0 Å². The third kappa shape index (κ3) is 3.54. The molecule has 98 valence electrons. The molecule has 2 fully saturated rings. The van der Waals surface area contributed by atoms with Crippen LogP contribution >= 0.6 is 0 Å². The molecule has 1 heterocycles. The molecule has 0 amide bonds. The second-order valence-corrected chi connectivity index (χ2v) is 6.01. The van der Waals surface area contributed by atoms with Crippen molar-refractivity contribution in [1.82, 2.24) is 0 Å². The van der Waals surface area contributed by atoms with Gasteiger partial charge in [0.15, 0.2) is 0 Å². The Bertz CT molecular complexity index is 262. The summed E-state index contributed by atoms with van der Waals surface area (Å²) in [7, 11) is 0. The van der Waals surface area contributed by atoms with Crippen LogP contribution in [-0.2, 0) is 9.53 Å². The first-order valence-electron chi connectivity index (χ1n) is 7.36. The topological polar surface area (TPSA) is 26.3 Å². The Morgan fingerprint density at radius 3 is 2.65 bits per heavy atom. The van der Waals surface area contributed by atoms with E-state index < -0.39 is 0 Å². The third-order valence-corrected chi connectivity index (χ3v) is 4.43. The lowest BCUT2D eigenvalue weighted by Crippen LogP contribution is -2.12. The van der Waals surface area contributed by atoms with Crippen LogP contribution in [0.1, 0.15) is 64.7 Å². The van der Waals surface area contributed by atoms with Crippen molar-refractivity contribution in [2.24, 2.45) is 11.3 Å². The van der Waals surface area contributed by atoms with Crippen molar-refractivity contribution in [3.8, 4) is 0 Å². The molecule has 0 aromatic heterocycles. The molecule has 0 radical (unpaired) electrons. The second kappa shape index (κ2) is 5.99. The van der Waals surface area contributed by atoms with Crippen LogP contribution < -0.4 is 0 Å². The fourth-order valence-corrected chi connectivity index (χ4v) is 3.10. The lowest BCUT2D eigenvalue weighted by Gasteiger charge is -2.09. The molecule has 0 N–H and O–H groups in total. The predicted molar refractivity (Wildman–Crippen MR) is 69.0 cm³/mol. The molecule has 1 aliphatic heterocycles. The van der Waals surface area contributed by atoms with Crippen LogP contribution in [0.2, 0.25) is 0 Å². The number of carbonyl (C=O) groups is 1. The average molecular weight is 238 g/mol. The van der Waals surface area contributed by atoms with Gasteiger partial charge in [-0.2, -0.15) is 0 Å². The summed E-state index contributed by atoms with van der Waals surface area (Å²) in [6.07, 6.45) is 10.5. The number of ether oxygens (including phenoxy) is 1. The Morgan fingerprint density at radius 1 is 1.24 bits per heavy atom. The van der Waals surface area contributed by atoms with Crippen molar-refractivity contribution in [1.29, 1.82) is 0 Å². The predicted octanol–water partition coefficient (Wildman–Crippen LogP) is 3.73. The van der Waals surface area contributed by atoms with Gasteiger partial charge in [-0.3, -0.25) is 4.79 Å². The lowest BCUT2D eigenvalue weighted by atomic mass is 9.96. The van der Waals surface area contributed by atoms with Crippen molar-refractivity contribution in [3.63, 3.8) is 0 Å². The average Bonchev–Trinajstić information content (AvgIpc) is 2.84. The number of rotatable bonds is 9. The summed E-state index contributed by atoms with van der Waals surface area (Å²) >= 11 is 0. The first-order chi connectivity index (χ1) is 8.27. The molecule has 2 rings (SSSR count). The molecular weight excluding hydrogens is 212 g/mol. The zero-order chi connectivity index (χ0) is 12.1. The number of fused-ring (bicyclic) bond motifs is 1. The molecule has 1 saturated carbocycles. The van der Waals surface area contributed by atoms with Crippen LogP contribution in [0, 0.1) is 11.3 Å². The molecule has 0 bridgehead atoms. The zero-order valence-electron chi connectivity index (χ0n) is 11.2. The molecule has 0 aromatic rings. The molecule has 0 aromatic carbocycles. The molecule has 1 aliphatic carbocycles. The maximum absolute atomic E-state index is 11.9. The number of carbonyl (C=O) groups excluding carboxylic acids is 1. The number of hydrogen-bond acceptors (Lipinski definition) is 2. The van der Waals surface area contributed by atoms with Crippen molar-refractivity contribution in [3.05, 3.63) is 0 Å². The van der Waals surface area contributed by atoms with Crippen LogP contribution in [0.5, 0.6) is 0 Å². The monoisotopic (exact) mass is 238 g/mol. The Kier molecular flexibility index (Phi) is 4.61. The molecule has 1 saturated heterocycles. The van der Waals surface area contributed by atoms with Gasteiger partial charge in [-0.1, -0.05) is 39.0 Å². The van der Waals surface area contributed by atoms with Crippen LogP contribution in [0.4, 0.5) is 0 Å². The normalized spacial score (nSPS) is 30.3. The largest absolute Gasteiger partial charge is 0.381 e. The summed E-state index contributed by atoms with van der Waals surface area (Å²) < 4.78 is 5.43. The third-order valence-electron chi connectivity index (χ3n) is 4.43. The van der Waals surface area contributed by atoms with Gasteiger partial charge in [0, 0.05) is 18.3 Å². The molecule has 2 aliphatic rings. The summed E-state index contributed by atoms with van der Waals surface area (Å²) in [5.74, 6) is 1.20. The molecule has 2 nitrogen and oxygen atoms in total. The Hall–Kier alpha value is -0.370. The van der Waals surface area contributed by atoms with Crippen molar-refractivity contribution in [2.45, 2.75) is 64.7 Å². The van der Waals surface area contributed by atoms with Crippen molar-refractivity contribution in [2.75, 3.05) is 13.2 Å². The van der Waals surface area contributed by atoms with Gasteiger partial charge in [0.25, 0.3) is 0 Å². The van der Waals surface area contributed by atoms with E-state index in [0.29, 0.717) is 11.2 Å². The van der Waals surface area contributed by atoms with Crippen molar-refractivity contribution >= 4 is 5.78 Å². The van der Waals surface area contributed by atoms with Gasteiger partial charge in [0.2, 0.25) is 0 Å². The Morgan fingerprint density at radius 2 is 2.00 bits per heavy atom. The quantitative estimate of drug-likeness (QED) is 0.572. The number of unbranched alkanes of at least 4 members (excludes halogenated alkanes) is 5. The van der Waals surface area contributed by atoms with Gasteiger partial charge in [-0.15, -0.1) is 0 Å². The lowest BCUT2D eigenvalue weighted by molar-refractivity contribution is -0.120. The van der Waals surface area contributed by atoms with Gasteiger partial charge >= 0.3 is 0 Å². The summed E-state index contributed by atoms with van der Waals surface area (Å²) in [6.45, 7) is 3.99. The highest BCUT2D eigenvalue weighted by molar-refractivity contribution is 5.79. The highest BCUT2D eigenvalue weighted by Gasteiger charge is 2.58. The van der Waals surface area contributed by atoms with Gasteiger partial charge in [0.05, 0.1) is 13.2 Å². The Balaban J connectivity index is 1.50. The summed E-state index contributed by atoms with van der Waals surface area (Å²) in [6, 6.07) is 0. The zero-order valence-corrected chi connectivity index (χ0v) is 11.2. The SMILES string of the molecule is CCCCCCCCC(=O)CC12COCC1C2. The summed E-state index contributed by atoms with van der Waals surface area (Å²) in [5, 5.41) is 0. The summed E-state index contributed by atoms with van der Waals surface area (Å²) in [5.41, 5.74) is 0.305. The minimum absolute atomic E-state index is 0.305. The minimum atomic E-state index is 0.305. The van der Waals surface area contributed by atoms with Crippen LogP contribution in [0.25, 0.3) is 0 Å². The maximum atomic E-state index is 11.9. The van der Waals surface area contributed by atoms with Gasteiger partial charge in [-0.25, -0.2) is 0 Å².